The summed E-state index contributed by atoms with van der Waals surface area (Å²) < 4.78 is 0. The number of rotatable bonds is 5. The van der Waals surface area contributed by atoms with E-state index in [0.29, 0.717) is 6.04 Å². The molecule has 1 aromatic heterocycles. The molecule has 0 saturated carbocycles. The third kappa shape index (κ3) is 3.40. The van der Waals surface area contributed by atoms with Crippen LogP contribution in [0.5, 0.6) is 0 Å². The lowest BCUT2D eigenvalue weighted by Crippen LogP contribution is -2.17. The van der Waals surface area contributed by atoms with Gasteiger partial charge in [0.1, 0.15) is 0 Å². The lowest BCUT2D eigenvalue weighted by molar-refractivity contribution is 0.578. The van der Waals surface area contributed by atoms with Gasteiger partial charge < -0.3 is 5.32 Å². The van der Waals surface area contributed by atoms with E-state index in [2.05, 4.69) is 55.3 Å². The van der Waals surface area contributed by atoms with E-state index in [1.54, 1.807) is 11.3 Å². The number of aryl methyl sites for hydroxylation is 2. The first-order valence-corrected chi connectivity index (χ1v) is 7.24. The molecule has 1 N–H and O–H groups in total. The van der Waals surface area contributed by atoms with E-state index >= 15 is 0 Å². The molecule has 2 aromatic rings. The summed E-state index contributed by atoms with van der Waals surface area (Å²) in [6.45, 7) is 7.38. The van der Waals surface area contributed by atoms with Crippen LogP contribution >= 0.6 is 11.3 Å². The molecule has 0 aliphatic carbocycles. The van der Waals surface area contributed by atoms with Crippen molar-refractivity contribution in [2.45, 2.75) is 39.8 Å². The van der Waals surface area contributed by atoms with Crippen LogP contribution in [0.25, 0.3) is 0 Å². The van der Waals surface area contributed by atoms with Crippen LogP contribution < -0.4 is 5.32 Å². The normalized spacial score (nSPS) is 12.6. The molecule has 0 saturated heterocycles. The minimum absolute atomic E-state index is 0.372. The molecule has 0 aliphatic heterocycles. The number of nitrogens with one attached hydrogen (secondary N) is 1. The summed E-state index contributed by atoms with van der Waals surface area (Å²) in [5.74, 6) is 0. The van der Waals surface area contributed by atoms with E-state index < -0.39 is 0 Å². The van der Waals surface area contributed by atoms with Gasteiger partial charge in [0.15, 0.2) is 0 Å². The van der Waals surface area contributed by atoms with Crippen molar-refractivity contribution in [3.8, 4) is 0 Å². The van der Waals surface area contributed by atoms with Gasteiger partial charge in [0.25, 0.3) is 0 Å². The molecule has 2 nitrogen and oxygen atoms in total. The zero-order valence-corrected chi connectivity index (χ0v) is 12.1. The first-order chi connectivity index (χ1) is 8.69. The van der Waals surface area contributed by atoms with Crippen LogP contribution in [0.4, 0.5) is 0 Å². The third-order valence-electron chi connectivity index (χ3n) is 3.03. The summed E-state index contributed by atoms with van der Waals surface area (Å²) >= 11 is 1.80. The fourth-order valence-electron chi connectivity index (χ4n) is 1.90. The lowest BCUT2D eigenvalue weighted by atomic mass is 10.1. The van der Waals surface area contributed by atoms with Crippen LogP contribution in [0.3, 0.4) is 0 Å². The molecule has 0 fully saturated rings. The molecule has 0 bridgehead atoms. The van der Waals surface area contributed by atoms with Crippen molar-refractivity contribution in [2.75, 3.05) is 0 Å². The standard InChI is InChI=1S/C15H20N2S/c1-4-15-17-10-14(18-15)9-16-12(3)13-7-5-6-11(2)8-13/h5-8,10,12,16H,4,9H2,1-3H3/t12-/m1/s1. The maximum atomic E-state index is 4.38. The molecular weight excluding hydrogens is 240 g/mol. The quantitative estimate of drug-likeness (QED) is 0.883. The summed E-state index contributed by atoms with van der Waals surface area (Å²) in [6.07, 6.45) is 3.01. The van der Waals surface area contributed by atoms with Gasteiger partial charge in [0.05, 0.1) is 5.01 Å². The zero-order chi connectivity index (χ0) is 13.0. The molecule has 0 aliphatic rings. The molecule has 0 unspecified atom stereocenters. The molecule has 3 heteroatoms. The van der Waals surface area contributed by atoms with E-state index in [0.717, 1.165) is 13.0 Å². The highest BCUT2D eigenvalue weighted by Crippen LogP contribution is 2.17. The molecule has 2 rings (SSSR count). The predicted molar refractivity (Wildman–Crippen MR) is 77.9 cm³/mol. The van der Waals surface area contributed by atoms with Gasteiger partial charge in [-0.25, -0.2) is 4.98 Å². The second-order valence-corrected chi connectivity index (χ2v) is 5.79. The van der Waals surface area contributed by atoms with Crippen LogP contribution in [0.15, 0.2) is 30.5 Å². The molecule has 96 valence electrons. The van der Waals surface area contributed by atoms with E-state index in [1.165, 1.54) is 21.0 Å². The van der Waals surface area contributed by atoms with Crippen molar-refractivity contribution in [3.05, 3.63) is 51.5 Å². The predicted octanol–water partition coefficient (Wildman–Crippen LogP) is 3.86. The minimum atomic E-state index is 0.372. The maximum Gasteiger partial charge on any atom is 0.0925 e. The van der Waals surface area contributed by atoms with Gasteiger partial charge in [0, 0.05) is 23.7 Å². The Morgan fingerprint density at radius 3 is 2.89 bits per heavy atom. The molecule has 0 radical (unpaired) electrons. The summed E-state index contributed by atoms with van der Waals surface area (Å²) in [4.78, 5) is 5.69. The van der Waals surface area contributed by atoms with Gasteiger partial charge in [-0.15, -0.1) is 11.3 Å². The molecule has 1 aromatic carbocycles. The number of thiazole rings is 1. The monoisotopic (exact) mass is 260 g/mol. The average molecular weight is 260 g/mol. The van der Waals surface area contributed by atoms with Crippen LogP contribution in [-0.2, 0) is 13.0 Å². The summed E-state index contributed by atoms with van der Waals surface area (Å²) in [6, 6.07) is 9.03. The minimum Gasteiger partial charge on any atom is -0.305 e. The smallest absolute Gasteiger partial charge is 0.0925 e. The number of aromatic nitrogens is 1. The zero-order valence-electron chi connectivity index (χ0n) is 11.2. The van der Waals surface area contributed by atoms with Gasteiger partial charge in [-0.05, 0) is 25.8 Å². The van der Waals surface area contributed by atoms with Gasteiger partial charge in [-0.3, -0.25) is 0 Å². The number of hydrogen-bond acceptors (Lipinski definition) is 3. The van der Waals surface area contributed by atoms with E-state index in [1.807, 2.05) is 6.20 Å². The highest BCUT2D eigenvalue weighted by molar-refractivity contribution is 7.11. The van der Waals surface area contributed by atoms with E-state index in [4.69, 9.17) is 0 Å². The summed E-state index contributed by atoms with van der Waals surface area (Å²) in [7, 11) is 0. The van der Waals surface area contributed by atoms with Crippen LogP contribution in [0.2, 0.25) is 0 Å². The lowest BCUT2D eigenvalue weighted by Gasteiger charge is -2.13. The van der Waals surface area contributed by atoms with Crippen LogP contribution in [-0.4, -0.2) is 4.98 Å². The molecule has 0 spiro atoms. The Balaban J connectivity index is 1.93. The van der Waals surface area contributed by atoms with E-state index in [9.17, 15) is 0 Å². The second kappa shape index (κ2) is 6.12. The van der Waals surface area contributed by atoms with Crippen molar-refractivity contribution >= 4 is 11.3 Å². The van der Waals surface area contributed by atoms with Crippen LogP contribution in [0.1, 0.15) is 40.9 Å². The van der Waals surface area contributed by atoms with E-state index in [-0.39, 0.29) is 0 Å². The molecular formula is C15H20N2S. The van der Waals surface area contributed by atoms with Gasteiger partial charge in [-0.2, -0.15) is 0 Å². The second-order valence-electron chi connectivity index (χ2n) is 4.59. The first kappa shape index (κ1) is 13.2. The molecule has 1 heterocycles. The van der Waals surface area contributed by atoms with Gasteiger partial charge >= 0.3 is 0 Å². The van der Waals surface area contributed by atoms with Crippen LogP contribution in [0, 0.1) is 6.92 Å². The van der Waals surface area contributed by atoms with Crippen molar-refractivity contribution in [3.63, 3.8) is 0 Å². The first-order valence-electron chi connectivity index (χ1n) is 6.42. The number of benzene rings is 1. The maximum absolute atomic E-state index is 4.38. The summed E-state index contributed by atoms with van der Waals surface area (Å²) in [5, 5.41) is 4.77. The molecule has 0 amide bonds. The Hall–Kier alpha value is -1.19. The largest absolute Gasteiger partial charge is 0.305 e. The van der Waals surface area contributed by atoms with Gasteiger partial charge in [-0.1, -0.05) is 36.8 Å². The fraction of sp³-hybridized carbons (Fsp3) is 0.400. The van der Waals surface area contributed by atoms with Gasteiger partial charge in [0.2, 0.25) is 0 Å². The third-order valence-corrected chi connectivity index (χ3v) is 4.17. The highest BCUT2D eigenvalue weighted by atomic mass is 32.1. The molecule has 1 atom stereocenters. The Labute approximate surface area is 113 Å². The van der Waals surface area contributed by atoms with Crippen molar-refractivity contribution in [1.29, 1.82) is 0 Å². The molecule has 18 heavy (non-hydrogen) atoms. The van der Waals surface area contributed by atoms with Crippen molar-refractivity contribution in [1.82, 2.24) is 10.3 Å². The Kier molecular flexibility index (Phi) is 4.50. The Bertz CT molecular complexity index is 505. The summed E-state index contributed by atoms with van der Waals surface area (Å²) in [5.41, 5.74) is 2.66. The SMILES string of the molecule is CCc1ncc(CN[C@H](C)c2cccc(C)c2)s1. The fourth-order valence-corrected chi connectivity index (χ4v) is 2.72. The number of hydrogen-bond donors (Lipinski definition) is 1. The topological polar surface area (TPSA) is 24.9 Å². The average Bonchev–Trinajstić information content (AvgIpc) is 2.84. The van der Waals surface area contributed by atoms with Crippen molar-refractivity contribution in [2.24, 2.45) is 0 Å². The Morgan fingerprint density at radius 1 is 1.39 bits per heavy atom. The highest BCUT2D eigenvalue weighted by Gasteiger charge is 2.06. The number of nitrogens with zero attached hydrogens (tertiary/aromatic N) is 1. The van der Waals surface area contributed by atoms with Crippen molar-refractivity contribution < 1.29 is 0 Å². The Morgan fingerprint density at radius 2 is 2.22 bits per heavy atom.